The Balaban J connectivity index is 1.43. The molecule has 27 heavy (non-hydrogen) atoms. The molecule has 2 heterocycles. The van der Waals surface area contributed by atoms with Gasteiger partial charge in [0.2, 0.25) is 5.91 Å². The molecule has 140 valence electrons. The van der Waals surface area contributed by atoms with Crippen LogP contribution in [0, 0.1) is 0 Å². The molecule has 0 bridgehead atoms. The zero-order valence-electron chi connectivity index (χ0n) is 15.2. The number of hydrogen-bond acceptors (Lipinski definition) is 4. The van der Waals surface area contributed by atoms with Crippen molar-refractivity contribution in [1.29, 1.82) is 0 Å². The Kier molecular flexibility index (Phi) is 5.34. The number of hydrogen-bond donors (Lipinski definition) is 2. The summed E-state index contributed by atoms with van der Waals surface area (Å²) in [5.74, 6) is 0.210. The summed E-state index contributed by atoms with van der Waals surface area (Å²) in [5, 5.41) is 5.76. The van der Waals surface area contributed by atoms with E-state index in [1.54, 1.807) is 12.1 Å². The molecule has 0 atom stereocenters. The predicted octanol–water partition coefficient (Wildman–Crippen LogP) is 4.36. The van der Waals surface area contributed by atoms with Crippen LogP contribution in [0.15, 0.2) is 47.4 Å². The van der Waals surface area contributed by atoms with E-state index in [0.29, 0.717) is 17.0 Å². The monoisotopic (exact) mass is 381 g/mol. The summed E-state index contributed by atoms with van der Waals surface area (Å²) in [6.45, 7) is 2.20. The van der Waals surface area contributed by atoms with Gasteiger partial charge in [0.1, 0.15) is 0 Å². The molecule has 2 amide bonds. The second-order valence-electron chi connectivity index (χ2n) is 6.95. The van der Waals surface area contributed by atoms with Crippen LogP contribution in [0.3, 0.4) is 0 Å². The number of rotatable bonds is 3. The van der Waals surface area contributed by atoms with Crippen molar-refractivity contribution in [3.05, 3.63) is 48.0 Å². The van der Waals surface area contributed by atoms with E-state index in [-0.39, 0.29) is 11.8 Å². The van der Waals surface area contributed by atoms with Crippen LogP contribution < -0.4 is 15.5 Å². The normalized spacial score (nSPS) is 16.9. The topological polar surface area (TPSA) is 61.4 Å². The van der Waals surface area contributed by atoms with Crippen molar-refractivity contribution in [1.82, 2.24) is 0 Å². The first-order valence-corrected chi connectivity index (χ1v) is 10.4. The molecule has 2 aliphatic rings. The quantitative estimate of drug-likeness (QED) is 0.829. The molecule has 1 fully saturated rings. The molecule has 2 aromatic rings. The van der Waals surface area contributed by atoms with E-state index in [2.05, 4.69) is 27.7 Å². The minimum Gasteiger partial charge on any atom is -0.372 e. The summed E-state index contributed by atoms with van der Waals surface area (Å²) < 4.78 is 0. The first-order chi connectivity index (χ1) is 13.2. The zero-order valence-corrected chi connectivity index (χ0v) is 16.0. The minimum atomic E-state index is -0.176. The summed E-state index contributed by atoms with van der Waals surface area (Å²) >= 11 is 1.49. The molecular formula is C21H23N3O2S. The van der Waals surface area contributed by atoms with Crippen molar-refractivity contribution < 1.29 is 9.59 Å². The Morgan fingerprint density at radius 2 is 1.74 bits per heavy atom. The van der Waals surface area contributed by atoms with Crippen LogP contribution in [-0.2, 0) is 4.79 Å². The average Bonchev–Trinajstić information content (AvgIpc) is 2.97. The number of anilines is 3. The molecule has 2 aromatic carbocycles. The van der Waals surface area contributed by atoms with Crippen LogP contribution in [0.5, 0.6) is 0 Å². The van der Waals surface area contributed by atoms with Crippen LogP contribution in [0.4, 0.5) is 17.1 Å². The number of carbonyl (C=O) groups excluding carboxylic acids is 2. The Hall–Kier alpha value is -2.47. The van der Waals surface area contributed by atoms with E-state index in [9.17, 15) is 9.59 Å². The van der Waals surface area contributed by atoms with Gasteiger partial charge in [0.05, 0.1) is 11.4 Å². The molecule has 0 spiro atoms. The molecule has 0 unspecified atom stereocenters. The zero-order chi connectivity index (χ0) is 18.6. The standard InChI is InChI=1S/C21H23N3O2S/c25-20-14-27-19-10-5-15(13-18(19)23-20)21(26)22-16-6-8-17(9-7-16)24-11-3-1-2-4-12-24/h5-10,13H,1-4,11-12,14H2,(H,22,26)(H,23,25). The molecule has 0 radical (unpaired) electrons. The third-order valence-electron chi connectivity index (χ3n) is 4.97. The Morgan fingerprint density at radius 3 is 2.48 bits per heavy atom. The molecular weight excluding hydrogens is 358 g/mol. The third kappa shape index (κ3) is 4.27. The molecule has 6 heteroatoms. The number of amides is 2. The van der Waals surface area contributed by atoms with Crippen molar-refractivity contribution in [2.75, 3.05) is 34.4 Å². The van der Waals surface area contributed by atoms with E-state index in [1.165, 1.54) is 43.1 Å². The van der Waals surface area contributed by atoms with Gasteiger partial charge in [-0.3, -0.25) is 9.59 Å². The van der Waals surface area contributed by atoms with Crippen LogP contribution >= 0.6 is 11.8 Å². The van der Waals surface area contributed by atoms with E-state index >= 15 is 0 Å². The fourth-order valence-corrected chi connectivity index (χ4v) is 4.30. The highest BCUT2D eigenvalue weighted by Gasteiger charge is 2.17. The van der Waals surface area contributed by atoms with Gasteiger partial charge in [0.25, 0.3) is 5.91 Å². The van der Waals surface area contributed by atoms with Gasteiger partial charge in [-0.2, -0.15) is 0 Å². The van der Waals surface area contributed by atoms with Crippen molar-refractivity contribution >= 4 is 40.6 Å². The molecule has 0 aliphatic carbocycles. The first-order valence-electron chi connectivity index (χ1n) is 9.42. The smallest absolute Gasteiger partial charge is 0.255 e. The number of carbonyl (C=O) groups is 2. The molecule has 5 nitrogen and oxygen atoms in total. The van der Waals surface area contributed by atoms with Gasteiger partial charge < -0.3 is 15.5 Å². The van der Waals surface area contributed by atoms with Crippen LogP contribution in [0.25, 0.3) is 0 Å². The second kappa shape index (κ2) is 8.05. The Labute approximate surface area is 163 Å². The fraction of sp³-hybridized carbons (Fsp3) is 0.333. The Morgan fingerprint density at radius 1 is 1.00 bits per heavy atom. The maximum atomic E-state index is 12.6. The minimum absolute atomic E-state index is 0.0332. The maximum absolute atomic E-state index is 12.6. The van der Waals surface area contributed by atoms with E-state index in [1.807, 2.05) is 18.2 Å². The van der Waals surface area contributed by atoms with E-state index in [0.717, 1.165) is 23.7 Å². The summed E-state index contributed by atoms with van der Waals surface area (Å²) in [7, 11) is 0. The molecule has 0 saturated carbocycles. The lowest BCUT2D eigenvalue weighted by molar-refractivity contribution is -0.113. The lowest BCUT2D eigenvalue weighted by atomic mass is 10.1. The van der Waals surface area contributed by atoms with Crippen molar-refractivity contribution in [2.24, 2.45) is 0 Å². The van der Waals surface area contributed by atoms with Gasteiger partial charge in [-0.15, -0.1) is 11.8 Å². The Bertz CT molecular complexity index is 843. The summed E-state index contributed by atoms with van der Waals surface area (Å²) in [6, 6.07) is 13.5. The lowest BCUT2D eigenvalue weighted by Crippen LogP contribution is -2.23. The highest BCUT2D eigenvalue weighted by molar-refractivity contribution is 8.00. The van der Waals surface area contributed by atoms with Gasteiger partial charge in [-0.25, -0.2) is 0 Å². The van der Waals surface area contributed by atoms with Crippen LogP contribution in [0.1, 0.15) is 36.0 Å². The number of nitrogens with zero attached hydrogens (tertiary/aromatic N) is 1. The highest BCUT2D eigenvalue weighted by Crippen LogP contribution is 2.32. The summed E-state index contributed by atoms with van der Waals surface area (Å²) in [6.07, 6.45) is 5.10. The van der Waals surface area contributed by atoms with Crippen molar-refractivity contribution in [3.8, 4) is 0 Å². The van der Waals surface area contributed by atoms with Crippen LogP contribution in [0.2, 0.25) is 0 Å². The summed E-state index contributed by atoms with van der Waals surface area (Å²) in [5.41, 5.74) is 3.23. The maximum Gasteiger partial charge on any atom is 0.255 e. The van der Waals surface area contributed by atoms with E-state index in [4.69, 9.17) is 0 Å². The third-order valence-corrected chi connectivity index (χ3v) is 6.04. The van der Waals surface area contributed by atoms with Gasteiger partial charge >= 0.3 is 0 Å². The van der Waals surface area contributed by atoms with Gasteiger partial charge in [-0.05, 0) is 55.3 Å². The number of benzene rings is 2. The molecule has 4 rings (SSSR count). The highest BCUT2D eigenvalue weighted by atomic mass is 32.2. The van der Waals surface area contributed by atoms with Gasteiger partial charge in [0, 0.05) is 34.9 Å². The van der Waals surface area contributed by atoms with Crippen molar-refractivity contribution in [2.45, 2.75) is 30.6 Å². The fourth-order valence-electron chi connectivity index (χ4n) is 3.51. The number of fused-ring (bicyclic) bond motifs is 1. The predicted molar refractivity (Wildman–Crippen MR) is 111 cm³/mol. The van der Waals surface area contributed by atoms with Gasteiger partial charge in [-0.1, -0.05) is 12.8 Å². The SMILES string of the molecule is O=C1CSc2ccc(C(=O)Nc3ccc(N4CCCCCC4)cc3)cc2N1. The van der Waals surface area contributed by atoms with E-state index < -0.39 is 0 Å². The van der Waals surface area contributed by atoms with Gasteiger partial charge in [0.15, 0.2) is 0 Å². The average molecular weight is 382 g/mol. The number of thioether (sulfide) groups is 1. The lowest BCUT2D eigenvalue weighted by Gasteiger charge is -2.22. The van der Waals surface area contributed by atoms with Crippen LogP contribution in [-0.4, -0.2) is 30.7 Å². The molecule has 1 saturated heterocycles. The first kappa shape index (κ1) is 17.9. The molecule has 2 N–H and O–H groups in total. The molecule has 2 aliphatic heterocycles. The number of nitrogens with one attached hydrogen (secondary N) is 2. The van der Waals surface area contributed by atoms with Crippen molar-refractivity contribution in [3.63, 3.8) is 0 Å². The largest absolute Gasteiger partial charge is 0.372 e. The summed E-state index contributed by atoms with van der Waals surface area (Å²) in [4.78, 5) is 27.5. The second-order valence-corrected chi connectivity index (χ2v) is 7.97. The molecule has 0 aromatic heterocycles.